The van der Waals surface area contributed by atoms with Crippen LogP contribution in [0.1, 0.15) is 32.3 Å². The Morgan fingerprint density at radius 2 is 1.85 bits per heavy atom. The van der Waals surface area contributed by atoms with Gasteiger partial charge in [-0.3, -0.25) is 4.79 Å². The van der Waals surface area contributed by atoms with Gasteiger partial charge in [0.1, 0.15) is 12.4 Å². The molecule has 26 heavy (non-hydrogen) atoms. The second-order valence-corrected chi connectivity index (χ2v) is 5.42. The van der Waals surface area contributed by atoms with E-state index in [0.29, 0.717) is 24.3 Å². The highest BCUT2D eigenvalue weighted by Gasteiger charge is 2.17. The van der Waals surface area contributed by atoms with Crippen molar-refractivity contribution >= 4 is 11.9 Å². The average Bonchev–Trinajstić information content (AvgIpc) is 2.61. The van der Waals surface area contributed by atoms with Crippen LogP contribution in [0.2, 0.25) is 0 Å². The molecule has 0 fully saturated rings. The number of aromatic hydroxyl groups is 1. The number of carbonyl (C=O) groups excluding carboxylic acids is 2. The molecule has 1 rings (SSSR count). The SMILES string of the molecule is C=C(CCC(=O)OCC)C(=O)Oc1cc(O)c(OCCOC)cc1CC. The van der Waals surface area contributed by atoms with Gasteiger partial charge in [0.05, 0.1) is 13.2 Å². The van der Waals surface area contributed by atoms with Crippen molar-refractivity contribution in [3.63, 3.8) is 0 Å². The molecule has 0 aliphatic carbocycles. The van der Waals surface area contributed by atoms with Crippen LogP contribution in [0.3, 0.4) is 0 Å². The molecule has 0 saturated carbocycles. The second kappa shape index (κ2) is 11.1. The molecule has 0 aliphatic rings. The van der Waals surface area contributed by atoms with Crippen molar-refractivity contribution in [1.82, 2.24) is 0 Å². The Balaban J connectivity index is 2.75. The van der Waals surface area contributed by atoms with Crippen LogP contribution in [0.5, 0.6) is 17.2 Å². The summed E-state index contributed by atoms with van der Waals surface area (Å²) >= 11 is 0. The number of carbonyl (C=O) groups is 2. The number of methoxy groups -OCH3 is 1. The minimum absolute atomic E-state index is 0.0555. The number of rotatable bonds is 11. The molecular weight excluding hydrogens is 340 g/mol. The number of aryl methyl sites for hydroxylation is 1. The maximum atomic E-state index is 12.2. The normalized spacial score (nSPS) is 10.3. The summed E-state index contributed by atoms with van der Waals surface area (Å²) in [5.74, 6) is -0.674. The third-order valence-corrected chi connectivity index (χ3v) is 3.50. The van der Waals surface area contributed by atoms with E-state index in [2.05, 4.69) is 6.58 Å². The lowest BCUT2D eigenvalue weighted by Crippen LogP contribution is -2.14. The molecule has 0 aromatic heterocycles. The topological polar surface area (TPSA) is 91.3 Å². The van der Waals surface area contributed by atoms with Crippen LogP contribution >= 0.6 is 0 Å². The molecule has 0 radical (unpaired) electrons. The average molecular weight is 366 g/mol. The molecule has 7 nitrogen and oxygen atoms in total. The highest BCUT2D eigenvalue weighted by Crippen LogP contribution is 2.34. The van der Waals surface area contributed by atoms with Crippen molar-refractivity contribution in [3.05, 3.63) is 29.8 Å². The molecule has 0 unspecified atom stereocenters. The molecular formula is C19H26O7. The van der Waals surface area contributed by atoms with Crippen LogP contribution in [0.15, 0.2) is 24.3 Å². The standard InChI is InChI=1S/C19H26O7/c1-5-14-11-17(25-10-9-23-4)15(20)12-16(14)26-19(22)13(3)7-8-18(21)24-6-2/h11-12,20H,3,5-10H2,1-2,4H3. The van der Waals surface area contributed by atoms with Gasteiger partial charge in [-0.05, 0) is 31.4 Å². The van der Waals surface area contributed by atoms with Crippen molar-refractivity contribution in [2.75, 3.05) is 26.9 Å². The molecule has 144 valence electrons. The maximum Gasteiger partial charge on any atom is 0.338 e. The van der Waals surface area contributed by atoms with E-state index < -0.39 is 11.9 Å². The van der Waals surface area contributed by atoms with Crippen LogP contribution in [-0.4, -0.2) is 44.0 Å². The second-order valence-electron chi connectivity index (χ2n) is 5.42. The first-order valence-electron chi connectivity index (χ1n) is 8.46. The van der Waals surface area contributed by atoms with E-state index in [1.807, 2.05) is 6.92 Å². The lowest BCUT2D eigenvalue weighted by molar-refractivity contribution is -0.143. The van der Waals surface area contributed by atoms with Gasteiger partial charge in [-0.25, -0.2) is 4.79 Å². The van der Waals surface area contributed by atoms with E-state index in [1.165, 1.54) is 6.07 Å². The molecule has 0 amide bonds. The van der Waals surface area contributed by atoms with Gasteiger partial charge in [0.15, 0.2) is 11.5 Å². The molecule has 1 aromatic carbocycles. The predicted molar refractivity (Wildman–Crippen MR) is 95.5 cm³/mol. The molecule has 0 saturated heterocycles. The number of esters is 2. The van der Waals surface area contributed by atoms with Gasteiger partial charge in [-0.15, -0.1) is 0 Å². The summed E-state index contributed by atoms with van der Waals surface area (Å²) in [6.45, 7) is 8.20. The van der Waals surface area contributed by atoms with Gasteiger partial charge in [0.25, 0.3) is 0 Å². The van der Waals surface area contributed by atoms with Gasteiger partial charge in [-0.1, -0.05) is 13.5 Å². The minimum Gasteiger partial charge on any atom is -0.504 e. The van der Waals surface area contributed by atoms with Crippen LogP contribution in [0.25, 0.3) is 0 Å². The number of benzene rings is 1. The maximum absolute atomic E-state index is 12.2. The molecule has 0 aliphatic heterocycles. The summed E-state index contributed by atoms with van der Waals surface area (Å²) in [5.41, 5.74) is 0.849. The first-order chi connectivity index (χ1) is 12.4. The monoisotopic (exact) mass is 366 g/mol. The number of hydrogen-bond acceptors (Lipinski definition) is 7. The predicted octanol–water partition coefficient (Wildman–Crippen LogP) is 2.78. The lowest BCUT2D eigenvalue weighted by Gasteiger charge is -2.14. The van der Waals surface area contributed by atoms with E-state index in [0.717, 1.165) is 0 Å². The van der Waals surface area contributed by atoms with E-state index in [1.54, 1.807) is 20.1 Å². The van der Waals surface area contributed by atoms with Gasteiger partial charge < -0.3 is 24.1 Å². The lowest BCUT2D eigenvalue weighted by atomic mass is 10.1. The zero-order valence-corrected chi connectivity index (χ0v) is 15.5. The Morgan fingerprint density at radius 3 is 2.46 bits per heavy atom. The van der Waals surface area contributed by atoms with Crippen molar-refractivity contribution in [2.45, 2.75) is 33.1 Å². The van der Waals surface area contributed by atoms with E-state index >= 15 is 0 Å². The van der Waals surface area contributed by atoms with E-state index in [9.17, 15) is 14.7 Å². The highest BCUT2D eigenvalue weighted by atomic mass is 16.5. The summed E-state index contributed by atoms with van der Waals surface area (Å²) in [6, 6.07) is 2.95. The number of hydrogen-bond donors (Lipinski definition) is 1. The summed E-state index contributed by atoms with van der Waals surface area (Å²) in [5, 5.41) is 10.1. The van der Waals surface area contributed by atoms with Crippen LogP contribution in [-0.2, 0) is 25.5 Å². The van der Waals surface area contributed by atoms with Gasteiger partial charge >= 0.3 is 11.9 Å². The van der Waals surface area contributed by atoms with Crippen molar-refractivity contribution in [3.8, 4) is 17.2 Å². The largest absolute Gasteiger partial charge is 0.504 e. The molecule has 0 atom stereocenters. The third-order valence-electron chi connectivity index (χ3n) is 3.50. The fraction of sp³-hybridized carbons (Fsp3) is 0.474. The van der Waals surface area contributed by atoms with Gasteiger partial charge in [-0.2, -0.15) is 0 Å². The summed E-state index contributed by atoms with van der Waals surface area (Å²) in [7, 11) is 1.55. The van der Waals surface area contributed by atoms with Crippen molar-refractivity contribution in [2.24, 2.45) is 0 Å². The Kier molecular flexibility index (Phi) is 9.22. The fourth-order valence-electron chi connectivity index (χ4n) is 2.07. The van der Waals surface area contributed by atoms with Crippen LogP contribution in [0, 0.1) is 0 Å². The zero-order valence-electron chi connectivity index (χ0n) is 15.5. The number of phenolic OH excluding ortho intramolecular Hbond substituents is 1. The number of ether oxygens (including phenoxy) is 4. The molecule has 7 heteroatoms. The summed E-state index contributed by atoms with van der Waals surface area (Å²) in [6.07, 6.45) is 0.766. The van der Waals surface area contributed by atoms with E-state index in [4.69, 9.17) is 18.9 Å². The smallest absolute Gasteiger partial charge is 0.338 e. The number of phenols is 1. The Morgan fingerprint density at radius 1 is 1.12 bits per heavy atom. The summed E-state index contributed by atoms with van der Waals surface area (Å²) < 4.78 is 20.5. The molecule has 0 heterocycles. The van der Waals surface area contributed by atoms with Crippen LogP contribution in [0.4, 0.5) is 0 Å². The van der Waals surface area contributed by atoms with E-state index in [-0.39, 0.29) is 43.1 Å². The third kappa shape index (κ3) is 6.76. The Labute approximate surface area is 153 Å². The van der Waals surface area contributed by atoms with Crippen molar-refractivity contribution in [1.29, 1.82) is 0 Å². The first kappa shape index (κ1) is 21.5. The zero-order chi connectivity index (χ0) is 19.5. The fourth-order valence-corrected chi connectivity index (χ4v) is 2.07. The quantitative estimate of drug-likeness (QED) is 0.279. The summed E-state index contributed by atoms with van der Waals surface area (Å²) in [4.78, 5) is 23.5. The molecule has 0 bridgehead atoms. The first-order valence-corrected chi connectivity index (χ1v) is 8.46. The molecule has 1 aromatic rings. The Bertz CT molecular complexity index is 637. The van der Waals surface area contributed by atoms with Crippen molar-refractivity contribution < 1.29 is 33.6 Å². The van der Waals surface area contributed by atoms with Crippen LogP contribution < -0.4 is 9.47 Å². The minimum atomic E-state index is -0.656. The highest BCUT2D eigenvalue weighted by molar-refractivity contribution is 5.90. The Hall–Kier alpha value is -2.54. The molecule has 0 spiro atoms. The molecule has 1 N–H and O–H groups in total. The van der Waals surface area contributed by atoms with Gasteiger partial charge in [0.2, 0.25) is 0 Å². The van der Waals surface area contributed by atoms with Gasteiger partial charge in [0, 0.05) is 25.2 Å².